The highest BCUT2D eigenvalue weighted by Crippen LogP contribution is 2.51. The molecule has 0 bridgehead atoms. The maximum Gasteiger partial charge on any atom is 0.251 e. The van der Waals surface area contributed by atoms with E-state index in [9.17, 15) is 9.59 Å². The molecule has 1 aromatic carbocycles. The van der Waals surface area contributed by atoms with Crippen LogP contribution in [0.3, 0.4) is 0 Å². The number of fused-ring (bicyclic) bond motifs is 1. The Morgan fingerprint density at radius 3 is 2.60 bits per heavy atom. The SMILES string of the molecule is O=C(CNC(=O)c1ccccc1)N[C@@H]1[C@@H]2CCO[C@@H]2[C@@H]1C1CCCC1. The molecule has 3 fully saturated rings. The molecule has 2 N–H and O–H groups in total. The molecule has 1 aromatic rings. The van der Waals surface area contributed by atoms with E-state index in [-0.39, 0.29) is 24.4 Å². The van der Waals surface area contributed by atoms with E-state index in [1.54, 1.807) is 12.1 Å². The predicted octanol–water partition coefficient (Wildman–Crippen LogP) is 2.13. The predicted molar refractivity (Wildman–Crippen MR) is 94.0 cm³/mol. The highest BCUT2D eigenvalue weighted by atomic mass is 16.5. The fourth-order valence-electron chi connectivity index (χ4n) is 4.95. The van der Waals surface area contributed by atoms with Crippen molar-refractivity contribution >= 4 is 11.8 Å². The molecule has 1 saturated heterocycles. The van der Waals surface area contributed by atoms with Gasteiger partial charge in [0.1, 0.15) is 0 Å². The zero-order valence-corrected chi connectivity index (χ0v) is 14.4. The third-order valence-corrected chi connectivity index (χ3v) is 6.16. The number of ether oxygens (including phenoxy) is 1. The van der Waals surface area contributed by atoms with Crippen LogP contribution < -0.4 is 10.6 Å². The van der Waals surface area contributed by atoms with Gasteiger partial charge in [0.2, 0.25) is 5.91 Å². The number of carbonyl (C=O) groups is 2. The van der Waals surface area contributed by atoms with Crippen molar-refractivity contribution in [3.05, 3.63) is 35.9 Å². The first-order valence-electron chi connectivity index (χ1n) is 9.48. The average Bonchev–Trinajstić information content (AvgIpc) is 3.29. The second-order valence-electron chi connectivity index (χ2n) is 7.55. The lowest BCUT2D eigenvalue weighted by molar-refractivity contribution is -0.129. The lowest BCUT2D eigenvalue weighted by Gasteiger charge is -2.50. The molecule has 25 heavy (non-hydrogen) atoms. The number of carbonyl (C=O) groups excluding carboxylic acids is 2. The summed E-state index contributed by atoms with van der Waals surface area (Å²) in [4.78, 5) is 24.4. The van der Waals surface area contributed by atoms with Crippen LogP contribution in [0.15, 0.2) is 30.3 Å². The van der Waals surface area contributed by atoms with Gasteiger partial charge in [-0.25, -0.2) is 0 Å². The molecule has 5 nitrogen and oxygen atoms in total. The third kappa shape index (κ3) is 3.30. The summed E-state index contributed by atoms with van der Waals surface area (Å²) in [5.41, 5.74) is 0.576. The number of rotatable bonds is 5. The monoisotopic (exact) mass is 342 g/mol. The summed E-state index contributed by atoms with van der Waals surface area (Å²) >= 11 is 0. The van der Waals surface area contributed by atoms with E-state index in [2.05, 4.69) is 10.6 Å². The molecule has 0 aromatic heterocycles. The van der Waals surface area contributed by atoms with E-state index in [0.717, 1.165) is 13.0 Å². The van der Waals surface area contributed by atoms with E-state index in [4.69, 9.17) is 4.74 Å². The van der Waals surface area contributed by atoms with Crippen molar-refractivity contribution in [2.75, 3.05) is 13.2 Å². The minimum Gasteiger partial charge on any atom is -0.377 e. The van der Waals surface area contributed by atoms with Crippen molar-refractivity contribution in [1.82, 2.24) is 10.6 Å². The summed E-state index contributed by atoms with van der Waals surface area (Å²) < 4.78 is 5.92. The van der Waals surface area contributed by atoms with Crippen molar-refractivity contribution < 1.29 is 14.3 Å². The molecule has 3 aliphatic rings. The van der Waals surface area contributed by atoms with Crippen LogP contribution >= 0.6 is 0 Å². The summed E-state index contributed by atoms with van der Waals surface area (Å²) in [6.45, 7) is 0.843. The van der Waals surface area contributed by atoms with Gasteiger partial charge in [0, 0.05) is 30.0 Å². The Kier molecular flexibility index (Phi) is 4.75. The molecular weight excluding hydrogens is 316 g/mol. The van der Waals surface area contributed by atoms with E-state index >= 15 is 0 Å². The molecule has 0 radical (unpaired) electrons. The first-order valence-corrected chi connectivity index (χ1v) is 9.48. The van der Waals surface area contributed by atoms with Crippen LogP contribution in [0, 0.1) is 17.8 Å². The van der Waals surface area contributed by atoms with Crippen LogP contribution in [-0.2, 0) is 9.53 Å². The Morgan fingerprint density at radius 2 is 1.84 bits per heavy atom. The fourth-order valence-corrected chi connectivity index (χ4v) is 4.95. The molecule has 4 atom stereocenters. The maximum absolute atomic E-state index is 12.4. The van der Waals surface area contributed by atoms with Gasteiger partial charge in [-0.05, 0) is 24.5 Å². The minimum atomic E-state index is -0.209. The Balaban J connectivity index is 1.31. The fraction of sp³-hybridized carbons (Fsp3) is 0.600. The molecule has 2 amide bonds. The molecule has 5 heteroatoms. The number of hydrogen-bond acceptors (Lipinski definition) is 3. The summed E-state index contributed by atoms with van der Waals surface area (Å²) in [5.74, 6) is 1.30. The molecule has 1 heterocycles. The molecular formula is C20H26N2O3. The molecule has 134 valence electrons. The molecule has 1 aliphatic heterocycles. The van der Waals surface area contributed by atoms with Crippen LogP contribution in [0.1, 0.15) is 42.5 Å². The quantitative estimate of drug-likeness (QED) is 0.861. The normalized spacial score (nSPS) is 31.2. The first-order chi connectivity index (χ1) is 12.2. The van der Waals surface area contributed by atoms with E-state index in [1.807, 2.05) is 18.2 Å². The number of nitrogens with one attached hydrogen (secondary N) is 2. The highest BCUT2D eigenvalue weighted by Gasteiger charge is 2.56. The van der Waals surface area contributed by atoms with Crippen LogP contribution in [0.2, 0.25) is 0 Å². The number of benzene rings is 1. The Labute approximate surface area is 148 Å². The molecule has 2 saturated carbocycles. The summed E-state index contributed by atoms with van der Waals surface area (Å²) in [6.07, 6.45) is 6.49. The van der Waals surface area contributed by atoms with E-state index in [1.165, 1.54) is 25.7 Å². The molecule has 0 unspecified atom stereocenters. The summed E-state index contributed by atoms with van der Waals surface area (Å²) in [5, 5.41) is 5.90. The van der Waals surface area contributed by atoms with Gasteiger partial charge in [-0.3, -0.25) is 9.59 Å². The van der Waals surface area contributed by atoms with Crippen molar-refractivity contribution in [3.8, 4) is 0 Å². The highest BCUT2D eigenvalue weighted by molar-refractivity contribution is 5.96. The number of hydrogen-bond donors (Lipinski definition) is 2. The van der Waals surface area contributed by atoms with Crippen LogP contribution in [0.5, 0.6) is 0 Å². The zero-order valence-electron chi connectivity index (χ0n) is 14.4. The third-order valence-electron chi connectivity index (χ3n) is 6.16. The Morgan fingerprint density at radius 1 is 1.08 bits per heavy atom. The lowest BCUT2D eigenvalue weighted by atomic mass is 9.61. The Bertz CT molecular complexity index is 622. The van der Waals surface area contributed by atoms with Crippen LogP contribution in [-0.4, -0.2) is 37.1 Å². The maximum atomic E-state index is 12.4. The van der Waals surface area contributed by atoms with E-state index < -0.39 is 0 Å². The van der Waals surface area contributed by atoms with Crippen molar-refractivity contribution in [1.29, 1.82) is 0 Å². The summed E-state index contributed by atoms with van der Waals surface area (Å²) in [6, 6.07) is 9.21. The first kappa shape index (κ1) is 16.6. The van der Waals surface area contributed by atoms with Gasteiger partial charge >= 0.3 is 0 Å². The lowest BCUT2D eigenvalue weighted by Crippen LogP contribution is -2.64. The smallest absolute Gasteiger partial charge is 0.251 e. The van der Waals surface area contributed by atoms with E-state index in [0.29, 0.717) is 29.4 Å². The van der Waals surface area contributed by atoms with Crippen molar-refractivity contribution in [3.63, 3.8) is 0 Å². The van der Waals surface area contributed by atoms with Gasteiger partial charge in [-0.1, -0.05) is 43.9 Å². The van der Waals surface area contributed by atoms with Gasteiger partial charge in [0.05, 0.1) is 12.6 Å². The molecule has 4 rings (SSSR count). The topological polar surface area (TPSA) is 67.4 Å². The summed E-state index contributed by atoms with van der Waals surface area (Å²) in [7, 11) is 0. The van der Waals surface area contributed by atoms with Gasteiger partial charge < -0.3 is 15.4 Å². The standard InChI is InChI=1S/C20H26N2O3/c23-16(12-21-20(24)14-8-2-1-3-9-14)22-18-15-10-11-25-19(15)17(18)13-6-4-5-7-13/h1-3,8-9,13,15,17-19H,4-7,10-12H2,(H,21,24)(H,22,23)/t15-,17+,18+,19-/m0/s1. The van der Waals surface area contributed by atoms with Gasteiger partial charge in [0.15, 0.2) is 0 Å². The van der Waals surface area contributed by atoms with Crippen molar-refractivity contribution in [2.24, 2.45) is 17.8 Å². The van der Waals surface area contributed by atoms with Gasteiger partial charge in [-0.15, -0.1) is 0 Å². The average molecular weight is 342 g/mol. The molecule has 0 spiro atoms. The van der Waals surface area contributed by atoms with Gasteiger partial charge in [0.25, 0.3) is 5.91 Å². The number of amides is 2. The molecule has 2 aliphatic carbocycles. The zero-order chi connectivity index (χ0) is 17.2. The minimum absolute atomic E-state index is 0.0276. The second-order valence-corrected chi connectivity index (χ2v) is 7.55. The van der Waals surface area contributed by atoms with Crippen molar-refractivity contribution in [2.45, 2.75) is 44.2 Å². The van der Waals surface area contributed by atoms with Crippen LogP contribution in [0.4, 0.5) is 0 Å². The largest absolute Gasteiger partial charge is 0.377 e. The Hall–Kier alpha value is -1.88. The van der Waals surface area contributed by atoms with Crippen LogP contribution in [0.25, 0.3) is 0 Å². The van der Waals surface area contributed by atoms with Gasteiger partial charge in [-0.2, -0.15) is 0 Å². The second kappa shape index (κ2) is 7.16.